The third-order valence-corrected chi connectivity index (χ3v) is 7.52. The molecule has 2 aromatic carbocycles. The number of benzene rings is 2. The molecule has 37 heavy (non-hydrogen) atoms. The van der Waals surface area contributed by atoms with Gasteiger partial charge < -0.3 is 4.98 Å². The number of nitrogens with one attached hydrogen (secondary N) is 1. The van der Waals surface area contributed by atoms with E-state index in [-0.39, 0.29) is 15.6 Å². The Labute approximate surface area is 219 Å². The van der Waals surface area contributed by atoms with Gasteiger partial charge in [-0.2, -0.15) is 0 Å². The van der Waals surface area contributed by atoms with Crippen LogP contribution in [0.15, 0.2) is 102 Å². The minimum Gasteiger partial charge on any atom is -0.360 e. The molecule has 3 heterocycles. The van der Waals surface area contributed by atoms with E-state index in [2.05, 4.69) is 9.97 Å². The number of rotatable bonds is 6. The van der Waals surface area contributed by atoms with Crippen LogP contribution >= 0.6 is 11.6 Å². The van der Waals surface area contributed by atoms with Crippen LogP contribution in [0, 0.1) is 6.92 Å². The van der Waals surface area contributed by atoms with Crippen molar-refractivity contribution in [3.63, 3.8) is 0 Å². The molecule has 0 bridgehead atoms. The van der Waals surface area contributed by atoms with E-state index in [1.54, 1.807) is 37.4 Å². The lowest BCUT2D eigenvalue weighted by Gasteiger charge is -2.11. The summed E-state index contributed by atoms with van der Waals surface area (Å²) < 4.78 is 27.1. The maximum Gasteiger partial charge on any atom is 0.269 e. The first-order chi connectivity index (χ1) is 17.8. The normalized spacial score (nSPS) is 10.9. The summed E-state index contributed by atoms with van der Waals surface area (Å²) in [7, 11) is -3.91. The number of pyridine rings is 1. The van der Waals surface area contributed by atoms with Crippen LogP contribution in [0.5, 0.6) is 0 Å². The zero-order valence-electron chi connectivity index (χ0n) is 19.7. The molecule has 0 aliphatic heterocycles. The van der Waals surface area contributed by atoms with Gasteiger partial charge in [-0.3, -0.25) is 9.59 Å². The van der Waals surface area contributed by atoms with Crippen LogP contribution in [0.25, 0.3) is 22.5 Å². The molecule has 186 valence electrons. The van der Waals surface area contributed by atoms with E-state index in [0.29, 0.717) is 28.7 Å². The second-order valence-corrected chi connectivity index (χ2v) is 10.2. The monoisotopic (exact) mass is 531 g/mol. The number of carbonyl (C=O) groups is 2. The van der Waals surface area contributed by atoms with Gasteiger partial charge in [-0.15, -0.1) is 0 Å². The van der Waals surface area contributed by atoms with Crippen LogP contribution in [0.4, 0.5) is 0 Å². The number of aromatic nitrogens is 3. The zero-order valence-corrected chi connectivity index (χ0v) is 21.3. The first-order valence-corrected chi connectivity index (χ1v) is 12.9. The minimum atomic E-state index is -3.91. The highest BCUT2D eigenvalue weighted by molar-refractivity contribution is 7.90. The molecule has 0 atom stereocenters. The molecule has 0 amide bonds. The summed E-state index contributed by atoms with van der Waals surface area (Å²) in [5.41, 5.74) is 4.67. The predicted molar refractivity (Wildman–Crippen MR) is 143 cm³/mol. The standard InChI is InChI=1S/C17H13ClN2O3S.C11H9NO/c1-12-7-15(9-19-17(12)18)24(22,23)20-10-13(11-21)8-16(20)14-5-3-2-4-6-14;13-8-9-6-11(12-7-9)10-4-2-1-3-5-10/h2-11H,1H3;1-8,12H. The summed E-state index contributed by atoms with van der Waals surface area (Å²) in [6.45, 7) is 1.68. The Balaban J connectivity index is 0.000000207. The van der Waals surface area contributed by atoms with Crippen molar-refractivity contribution in [1.29, 1.82) is 0 Å². The Morgan fingerprint density at radius 2 is 1.49 bits per heavy atom. The fraction of sp³-hybridized carbons (Fsp3) is 0.0357. The molecule has 5 aromatic rings. The van der Waals surface area contributed by atoms with E-state index in [1.807, 2.05) is 42.5 Å². The number of hydrogen-bond acceptors (Lipinski definition) is 5. The third kappa shape index (κ3) is 5.77. The number of nitrogens with zero attached hydrogens (tertiary/aromatic N) is 2. The molecule has 0 spiro atoms. The molecule has 5 rings (SSSR count). The van der Waals surface area contributed by atoms with Crippen molar-refractivity contribution in [2.75, 3.05) is 0 Å². The Bertz CT molecular complexity index is 1640. The second kappa shape index (κ2) is 11.2. The molecule has 0 aliphatic carbocycles. The van der Waals surface area contributed by atoms with Crippen LogP contribution in [-0.4, -0.2) is 34.9 Å². The molecule has 0 unspecified atom stereocenters. The van der Waals surface area contributed by atoms with Crippen LogP contribution in [0.3, 0.4) is 0 Å². The lowest BCUT2D eigenvalue weighted by Crippen LogP contribution is -2.14. The maximum absolute atomic E-state index is 13.0. The third-order valence-electron chi connectivity index (χ3n) is 5.49. The van der Waals surface area contributed by atoms with Crippen molar-refractivity contribution in [3.8, 4) is 22.5 Å². The number of carbonyl (C=O) groups excluding carboxylic acids is 2. The van der Waals surface area contributed by atoms with Crippen molar-refractivity contribution in [2.24, 2.45) is 0 Å². The van der Waals surface area contributed by atoms with Gasteiger partial charge in [0.05, 0.1) is 5.69 Å². The average molecular weight is 532 g/mol. The molecule has 9 heteroatoms. The van der Waals surface area contributed by atoms with Gasteiger partial charge in [0.15, 0.2) is 12.6 Å². The van der Waals surface area contributed by atoms with Gasteiger partial charge in [0.2, 0.25) is 0 Å². The van der Waals surface area contributed by atoms with E-state index >= 15 is 0 Å². The topological polar surface area (TPSA) is 102 Å². The molecule has 1 N–H and O–H groups in total. The molecule has 0 fully saturated rings. The van der Waals surface area contributed by atoms with Crippen LogP contribution < -0.4 is 0 Å². The van der Waals surface area contributed by atoms with Gasteiger partial charge in [-0.1, -0.05) is 72.3 Å². The molecular weight excluding hydrogens is 510 g/mol. The number of aldehydes is 2. The Hall–Kier alpha value is -4.27. The molecule has 0 saturated carbocycles. The summed E-state index contributed by atoms with van der Waals surface area (Å²) in [6.07, 6.45) is 5.66. The van der Waals surface area contributed by atoms with Crippen molar-refractivity contribution >= 4 is 34.2 Å². The summed E-state index contributed by atoms with van der Waals surface area (Å²) >= 11 is 5.87. The number of H-pyrrole nitrogens is 1. The van der Waals surface area contributed by atoms with Gasteiger partial charge >= 0.3 is 0 Å². The van der Waals surface area contributed by atoms with Crippen LogP contribution in [0.2, 0.25) is 5.15 Å². The number of hydrogen-bond donors (Lipinski definition) is 1. The highest BCUT2D eigenvalue weighted by atomic mass is 35.5. The summed E-state index contributed by atoms with van der Waals surface area (Å²) in [4.78, 5) is 28.5. The lowest BCUT2D eigenvalue weighted by atomic mass is 10.1. The fourth-order valence-corrected chi connectivity index (χ4v) is 5.12. The Kier molecular flexibility index (Phi) is 7.81. The lowest BCUT2D eigenvalue weighted by molar-refractivity contribution is 0.111. The number of aryl methyl sites for hydroxylation is 1. The van der Waals surface area contributed by atoms with Gasteiger partial charge in [0.1, 0.15) is 10.0 Å². The Morgan fingerprint density at radius 1 is 0.865 bits per heavy atom. The highest BCUT2D eigenvalue weighted by Gasteiger charge is 2.23. The van der Waals surface area contributed by atoms with E-state index in [0.717, 1.165) is 21.5 Å². The SMILES string of the molecule is Cc1cc(S(=O)(=O)n2cc(C=O)cc2-c2ccccc2)cnc1Cl.O=Cc1c[nH]c(-c2ccccc2)c1. The van der Waals surface area contributed by atoms with Crippen molar-refractivity contribution < 1.29 is 18.0 Å². The van der Waals surface area contributed by atoms with Gasteiger partial charge in [0.25, 0.3) is 10.0 Å². The van der Waals surface area contributed by atoms with Gasteiger partial charge in [0, 0.05) is 35.4 Å². The first kappa shape index (κ1) is 25.8. The summed E-state index contributed by atoms with van der Waals surface area (Å²) in [5, 5.41) is 0.248. The minimum absolute atomic E-state index is 0.00892. The smallest absolute Gasteiger partial charge is 0.269 e. The first-order valence-electron chi connectivity index (χ1n) is 11.1. The van der Waals surface area contributed by atoms with E-state index in [9.17, 15) is 18.0 Å². The van der Waals surface area contributed by atoms with Crippen LogP contribution in [0.1, 0.15) is 26.3 Å². The second-order valence-electron chi connectivity index (χ2n) is 8.05. The average Bonchev–Trinajstić information content (AvgIpc) is 3.60. The fourth-order valence-electron chi connectivity index (χ4n) is 3.60. The van der Waals surface area contributed by atoms with E-state index < -0.39 is 10.0 Å². The highest BCUT2D eigenvalue weighted by Crippen LogP contribution is 2.27. The van der Waals surface area contributed by atoms with Crippen molar-refractivity contribution in [1.82, 2.24) is 13.9 Å². The Morgan fingerprint density at radius 3 is 2.05 bits per heavy atom. The van der Waals surface area contributed by atoms with Crippen molar-refractivity contribution in [2.45, 2.75) is 11.8 Å². The summed E-state index contributed by atoms with van der Waals surface area (Å²) in [6, 6.07) is 23.7. The largest absolute Gasteiger partial charge is 0.360 e. The molecular formula is C28H22ClN3O4S. The zero-order chi connectivity index (χ0) is 26.4. The maximum atomic E-state index is 13.0. The van der Waals surface area contributed by atoms with E-state index in [1.165, 1.54) is 24.5 Å². The summed E-state index contributed by atoms with van der Waals surface area (Å²) in [5.74, 6) is 0. The number of halogens is 1. The van der Waals surface area contributed by atoms with E-state index in [4.69, 9.17) is 11.6 Å². The molecule has 0 radical (unpaired) electrons. The molecule has 0 aliphatic rings. The quantitative estimate of drug-likeness (QED) is 0.212. The number of aromatic amines is 1. The van der Waals surface area contributed by atoms with Gasteiger partial charge in [-0.05, 0) is 41.8 Å². The van der Waals surface area contributed by atoms with Gasteiger partial charge in [-0.25, -0.2) is 17.4 Å². The molecule has 7 nitrogen and oxygen atoms in total. The molecule has 0 saturated heterocycles. The van der Waals surface area contributed by atoms with Crippen molar-refractivity contribution in [3.05, 3.63) is 119 Å². The van der Waals surface area contributed by atoms with Crippen LogP contribution in [-0.2, 0) is 10.0 Å². The predicted octanol–water partition coefficient (Wildman–Crippen LogP) is 6.06. The molecule has 3 aromatic heterocycles.